The Morgan fingerprint density at radius 3 is 2.42 bits per heavy atom. The molecule has 3 aromatic rings. The molecule has 2 aromatic carbocycles. The van der Waals surface area contributed by atoms with Crippen LogP contribution in [0, 0.1) is 19.7 Å². The number of carbonyl (C=O) groups is 1. The molecule has 0 unspecified atom stereocenters. The molecular formula is C24H27FN4O2. The fourth-order valence-electron chi connectivity index (χ4n) is 4.22. The summed E-state index contributed by atoms with van der Waals surface area (Å²) in [4.78, 5) is 28.1. The molecule has 7 heteroatoms. The molecule has 1 amide bonds. The minimum absolute atomic E-state index is 0.00262. The highest BCUT2D eigenvalue weighted by Crippen LogP contribution is 2.26. The Bertz CT molecular complexity index is 1190. The van der Waals surface area contributed by atoms with Crippen molar-refractivity contribution in [1.82, 2.24) is 9.88 Å². The van der Waals surface area contributed by atoms with E-state index in [-0.39, 0.29) is 10.9 Å². The molecule has 0 radical (unpaired) electrons. The number of nitrogens with one attached hydrogen (secondary N) is 2. The van der Waals surface area contributed by atoms with Crippen LogP contribution in [-0.2, 0) is 6.54 Å². The zero-order valence-corrected chi connectivity index (χ0v) is 18.1. The lowest BCUT2D eigenvalue weighted by atomic mass is 10.1. The molecule has 6 nitrogen and oxygen atoms in total. The van der Waals surface area contributed by atoms with Gasteiger partial charge in [-0.2, -0.15) is 0 Å². The van der Waals surface area contributed by atoms with Crippen LogP contribution in [0.5, 0.6) is 0 Å². The van der Waals surface area contributed by atoms with E-state index >= 15 is 0 Å². The Morgan fingerprint density at radius 1 is 1.10 bits per heavy atom. The van der Waals surface area contributed by atoms with Crippen LogP contribution in [0.3, 0.4) is 0 Å². The van der Waals surface area contributed by atoms with Crippen molar-refractivity contribution >= 4 is 28.2 Å². The number of amides is 1. The first-order chi connectivity index (χ1) is 14.9. The number of aromatic nitrogens is 1. The van der Waals surface area contributed by atoms with E-state index in [4.69, 9.17) is 0 Å². The molecule has 1 fully saturated rings. The largest absolute Gasteiger partial charge is 0.367 e. The molecular weight excluding hydrogens is 395 g/mol. The van der Waals surface area contributed by atoms with E-state index in [0.29, 0.717) is 36.5 Å². The molecule has 0 saturated carbocycles. The molecule has 1 saturated heterocycles. The number of rotatable bonds is 4. The van der Waals surface area contributed by atoms with Gasteiger partial charge in [-0.25, -0.2) is 4.39 Å². The predicted molar refractivity (Wildman–Crippen MR) is 123 cm³/mol. The Kier molecular flexibility index (Phi) is 5.78. The van der Waals surface area contributed by atoms with Gasteiger partial charge in [-0.1, -0.05) is 6.07 Å². The van der Waals surface area contributed by atoms with Crippen LogP contribution in [0.1, 0.15) is 28.4 Å². The van der Waals surface area contributed by atoms with E-state index in [1.54, 1.807) is 12.3 Å². The molecule has 2 N–H and O–H groups in total. The lowest BCUT2D eigenvalue weighted by Gasteiger charge is -2.30. The van der Waals surface area contributed by atoms with E-state index < -0.39 is 17.2 Å². The maximum atomic E-state index is 15.0. The maximum Gasteiger partial charge on any atom is 0.261 e. The third kappa shape index (κ3) is 4.18. The minimum Gasteiger partial charge on any atom is -0.367 e. The van der Waals surface area contributed by atoms with Crippen molar-refractivity contribution < 1.29 is 9.18 Å². The molecule has 1 aliphatic rings. The predicted octanol–water partition coefficient (Wildman–Crippen LogP) is 3.44. The molecule has 0 aliphatic carbocycles. The quantitative estimate of drug-likeness (QED) is 0.676. The first kappa shape index (κ1) is 21.1. The normalized spacial score (nSPS) is 14.1. The Hall–Kier alpha value is -3.19. The topological polar surface area (TPSA) is 66.4 Å². The van der Waals surface area contributed by atoms with Crippen LogP contribution in [0.15, 0.2) is 41.3 Å². The summed E-state index contributed by atoms with van der Waals surface area (Å²) in [6, 6.07) is 8.71. The molecule has 0 bridgehead atoms. The first-order valence-electron chi connectivity index (χ1n) is 10.6. The number of anilines is 2. The van der Waals surface area contributed by atoms with Crippen LogP contribution in [0.25, 0.3) is 10.9 Å². The number of aryl methyl sites for hydroxylation is 3. The van der Waals surface area contributed by atoms with E-state index in [1.165, 1.54) is 6.07 Å². The molecule has 0 spiro atoms. The van der Waals surface area contributed by atoms with Gasteiger partial charge in [0.1, 0.15) is 11.4 Å². The van der Waals surface area contributed by atoms with E-state index in [9.17, 15) is 14.0 Å². The van der Waals surface area contributed by atoms with Crippen molar-refractivity contribution in [2.45, 2.75) is 27.3 Å². The van der Waals surface area contributed by atoms with E-state index in [2.05, 4.69) is 10.6 Å². The monoisotopic (exact) mass is 422 g/mol. The highest BCUT2D eigenvalue weighted by atomic mass is 19.1. The van der Waals surface area contributed by atoms with Crippen molar-refractivity contribution in [3.05, 3.63) is 69.3 Å². The van der Waals surface area contributed by atoms with Crippen LogP contribution >= 0.6 is 0 Å². The zero-order chi connectivity index (χ0) is 22.1. The molecule has 1 aromatic heterocycles. The molecule has 162 valence electrons. The standard InChI is InChI=1S/C24H27FN4O2/c1-4-28-14-19(24(31)27-17-10-15(2)9-16(3)11-17)23(30)18-12-20(25)22(13-21(18)28)29-7-5-26-6-8-29/h9-14,26H,4-8H2,1-3H3,(H,27,31). The molecule has 0 atom stereocenters. The van der Waals surface area contributed by atoms with E-state index in [1.807, 2.05) is 48.4 Å². The number of benzene rings is 2. The number of hydrogen-bond donors (Lipinski definition) is 2. The Labute approximate surface area is 180 Å². The third-order valence-electron chi connectivity index (χ3n) is 5.67. The highest BCUT2D eigenvalue weighted by molar-refractivity contribution is 6.06. The van der Waals surface area contributed by atoms with Crippen LogP contribution in [-0.4, -0.2) is 36.7 Å². The van der Waals surface area contributed by atoms with Gasteiger partial charge >= 0.3 is 0 Å². The second kappa shape index (κ2) is 8.51. The van der Waals surface area contributed by atoms with Crippen molar-refractivity contribution in [2.24, 2.45) is 0 Å². The van der Waals surface area contributed by atoms with Gasteiger partial charge in [0.05, 0.1) is 11.2 Å². The minimum atomic E-state index is -0.495. The highest BCUT2D eigenvalue weighted by Gasteiger charge is 2.20. The Balaban J connectivity index is 1.77. The summed E-state index contributed by atoms with van der Waals surface area (Å²) >= 11 is 0. The van der Waals surface area contributed by atoms with Gasteiger partial charge in [0.15, 0.2) is 0 Å². The van der Waals surface area contributed by atoms with Gasteiger partial charge < -0.3 is 20.1 Å². The summed E-state index contributed by atoms with van der Waals surface area (Å²) in [6.07, 6.45) is 1.57. The second-order valence-electron chi connectivity index (χ2n) is 8.05. The molecule has 4 rings (SSSR count). The summed E-state index contributed by atoms with van der Waals surface area (Å²) < 4.78 is 16.8. The van der Waals surface area contributed by atoms with Gasteiger partial charge in [0, 0.05) is 50.0 Å². The lowest BCUT2D eigenvalue weighted by Crippen LogP contribution is -2.43. The van der Waals surface area contributed by atoms with Crippen molar-refractivity contribution in [1.29, 1.82) is 0 Å². The molecule has 1 aliphatic heterocycles. The van der Waals surface area contributed by atoms with Gasteiger partial charge in [0.25, 0.3) is 5.91 Å². The fourth-order valence-corrected chi connectivity index (χ4v) is 4.22. The summed E-state index contributed by atoms with van der Waals surface area (Å²) in [7, 11) is 0. The average molecular weight is 423 g/mol. The zero-order valence-electron chi connectivity index (χ0n) is 18.1. The number of fused-ring (bicyclic) bond motifs is 1. The van der Waals surface area contributed by atoms with Gasteiger partial charge in [0.2, 0.25) is 5.43 Å². The number of halogens is 1. The lowest BCUT2D eigenvalue weighted by molar-refractivity contribution is 0.102. The second-order valence-corrected chi connectivity index (χ2v) is 8.05. The van der Waals surface area contributed by atoms with Crippen molar-refractivity contribution in [2.75, 3.05) is 36.4 Å². The van der Waals surface area contributed by atoms with Crippen molar-refractivity contribution in [3.63, 3.8) is 0 Å². The number of piperazine rings is 1. The van der Waals surface area contributed by atoms with E-state index in [0.717, 1.165) is 24.2 Å². The number of nitrogens with zero attached hydrogens (tertiary/aromatic N) is 2. The van der Waals surface area contributed by atoms with Gasteiger partial charge in [-0.3, -0.25) is 9.59 Å². The smallest absolute Gasteiger partial charge is 0.261 e. The molecule has 2 heterocycles. The van der Waals surface area contributed by atoms with Crippen LogP contribution in [0.4, 0.5) is 15.8 Å². The maximum absolute atomic E-state index is 15.0. The fraction of sp³-hybridized carbons (Fsp3) is 0.333. The third-order valence-corrected chi connectivity index (χ3v) is 5.67. The summed E-state index contributed by atoms with van der Waals surface area (Å²) in [5.41, 5.74) is 3.32. The summed E-state index contributed by atoms with van der Waals surface area (Å²) in [6.45, 7) is 9.36. The number of carbonyl (C=O) groups excluding carboxylic acids is 1. The SMILES string of the molecule is CCn1cc(C(=O)Nc2cc(C)cc(C)c2)c(=O)c2cc(F)c(N3CCNCC3)cc21. The average Bonchev–Trinajstić information content (AvgIpc) is 2.74. The van der Waals surface area contributed by atoms with Crippen LogP contribution < -0.4 is 21.0 Å². The van der Waals surface area contributed by atoms with Gasteiger partial charge in [-0.15, -0.1) is 0 Å². The van der Waals surface area contributed by atoms with Crippen LogP contribution in [0.2, 0.25) is 0 Å². The summed E-state index contributed by atoms with van der Waals surface area (Å²) in [5.74, 6) is -0.938. The first-order valence-corrected chi connectivity index (χ1v) is 10.6. The van der Waals surface area contributed by atoms with Gasteiger partial charge in [-0.05, 0) is 56.2 Å². The number of pyridine rings is 1. The number of hydrogen-bond acceptors (Lipinski definition) is 4. The summed E-state index contributed by atoms with van der Waals surface area (Å²) in [5, 5.41) is 6.28. The Morgan fingerprint density at radius 2 is 1.77 bits per heavy atom. The molecule has 31 heavy (non-hydrogen) atoms. The van der Waals surface area contributed by atoms with Crippen molar-refractivity contribution in [3.8, 4) is 0 Å².